The van der Waals surface area contributed by atoms with Crippen LogP contribution in [0.2, 0.25) is 0 Å². The number of carbonyl (C=O) groups excluding carboxylic acids is 1. The maximum atomic E-state index is 11.6. The molecule has 4 nitrogen and oxygen atoms in total. The predicted molar refractivity (Wildman–Crippen MR) is 105 cm³/mol. The molecule has 0 aromatic carbocycles. The van der Waals surface area contributed by atoms with E-state index in [9.17, 15) is 4.79 Å². The molecule has 3 N–H and O–H groups in total. The molecular formula is C21H39NO3. The van der Waals surface area contributed by atoms with E-state index in [-0.39, 0.29) is 19.1 Å². The van der Waals surface area contributed by atoms with Gasteiger partial charge in [0.1, 0.15) is 0 Å². The second-order valence-corrected chi connectivity index (χ2v) is 6.61. The Morgan fingerprint density at radius 3 is 2.00 bits per heavy atom. The molecule has 0 radical (unpaired) electrons. The average molecular weight is 354 g/mol. The first kappa shape index (κ1) is 23.9. The third-order valence-corrected chi connectivity index (χ3v) is 4.16. The number of nitrogens with one attached hydrogen (secondary N) is 1. The van der Waals surface area contributed by atoms with E-state index in [4.69, 9.17) is 10.2 Å². The molecule has 0 bridgehead atoms. The molecule has 0 fully saturated rings. The zero-order valence-electron chi connectivity index (χ0n) is 16.1. The molecule has 0 heterocycles. The highest BCUT2D eigenvalue weighted by Crippen LogP contribution is 2.08. The van der Waals surface area contributed by atoms with Crippen molar-refractivity contribution in [3.05, 3.63) is 24.3 Å². The van der Waals surface area contributed by atoms with E-state index >= 15 is 0 Å². The van der Waals surface area contributed by atoms with E-state index in [1.165, 1.54) is 38.5 Å². The van der Waals surface area contributed by atoms with E-state index in [2.05, 4.69) is 36.5 Å². The lowest BCUT2D eigenvalue weighted by atomic mass is 10.1. The number of carbonyl (C=O) groups is 1. The van der Waals surface area contributed by atoms with Gasteiger partial charge < -0.3 is 15.5 Å². The monoisotopic (exact) mass is 353 g/mol. The minimum absolute atomic E-state index is 0.0845. The van der Waals surface area contributed by atoms with Gasteiger partial charge in [0, 0.05) is 6.42 Å². The molecule has 1 amide bonds. The second-order valence-electron chi connectivity index (χ2n) is 6.61. The quantitative estimate of drug-likeness (QED) is 0.270. The Labute approximate surface area is 154 Å². The van der Waals surface area contributed by atoms with Crippen LogP contribution in [0.1, 0.15) is 84.0 Å². The average Bonchev–Trinajstić information content (AvgIpc) is 2.62. The Hall–Kier alpha value is -1.13. The van der Waals surface area contributed by atoms with Crippen LogP contribution in [-0.4, -0.2) is 35.4 Å². The van der Waals surface area contributed by atoms with Gasteiger partial charge in [0.2, 0.25) is 5.91 Å². The third-order valence-electron chi connectivity index (χ3n) is 4.16. The number of rotatable bonds is 17. The van der Waals surface area contributed by atoms with E-state index in [1.807, 2.05) is 0 Å². The van der Waals surface area contributed by atoms with Crippen molar-refractivity contribution < 1.29 is 15.0 Å². The summed E-state index contributed by atoms with van der Waals surface area (Å²) in [6.45, 7) is 1.80. The Morgan fingerprint density at radius 2 is 1.40 bits per heavy atom. The van der Waals surface area contributed by atoms with Gasteiger partial charge in [-0.15, -0.1) is 0 Å². The topological polar surface area (TPSA) is 69.6 Å². The number of allylic oxidation sites excluding steroid dienone is 4. The van der Waals surface area contributed by atoms with Crippen LogP contribution >= 0.6 is 0 Å². The van der Waals surface area contributed by atoms with E-state index < -0.39 is 6.04 Å². The smallest absolute Gasteiger partial charge is 0.220 e. The number of aliphatic hydroxyl groups excluding tert-OH is 2. The molecule has 0 rings (SSSR count). The Balaban J connectivity index is 3.35. The number of aliphatic hydroxyl groups is 2. The fraction of sp³-hybridized carbons (Fsp3) is 0.762. The summed E-state index contributed by atoms with van der Waals surface area (Å²) in [6.07, 6.45) is 22.4. The molecule has 25 heavy (non-hydrogen) atoms. The maximum absolute atomic E-state index is 11.6. The highest BCUT2D eigenvalue weighted by Gasteiger charge is 2.09. The van der Waals surface area contributed by atoms with Crippen molar-refractivity contribution in [2.75, 3.05) is 13.2 Å². The van der Waals surface area contributed by atoms with Gasteiger partial charge in [0.25, 0.3) is 0 Å². The van der Waals surface area contributed by atoms with Crippen molar-refractivity contribution >= 4 is 5.91 Å². The molecule has 0 spiro atoms. The molecular weight excluding hydrogens is 314 g/mol. The molecule has 0 aliphatic rings. The Bertz CT molecular complexity index is 349. The largest absolute Gasteiger partial charge is 0.394 e. The van der Waals surface area contributed by atoms with E-state index in [0.29, 0.717) is 6.42 Å². The summed E-state index contributed by atoms with van der Waals surface area (Å²) in [4.78, 5) is 11.6. The van der Waals surface area contributed by atoms with Crippen molar-refractivity contribution in [2.24, 2.45) is 0 Å². The highest BCUT2D eigenvalue weighted by atomic mass is 16.3. The first-order valence-electron chi connectivity index (χ1n) is 10.1. The highest BCUT2D eigenvalue weighted by molar-refractivity contribution is 5.76. The van der Waals surface area contributed by atoms with Crippen LogP contribution in [0.15, 0.2) is 24.3 Å². The van der Waals surface area contributed by atoms with Gasteiger partial charge in [-0.2, -0.15) is 0 Å². The summed E-state index contributed by atoms with van der Waals surface area (Å²) in [5.74, 6) is -0.0845. The number of unbranched alkanes of at least 4 members (excludes halogenated alkanes) is 8. The summed E-state index contributed by atoms with van der Waals surface area (Å²) in [5.41, 5.74) is 0. The Morgan fingerprint density at radius 1 is 0.840 bits per heavy atom. The van der Waals surface area contributed by atoms with Crippen LogP contribution in [0.3, 0.4) is 0 Å². The SMILES string of the molecule is CCCCCC=CCC=CCCCCCCCC(=O)NC(CO)CO. The van der Waals surface area contributed by atoms with Gasteiger partial charge in [0.15, 0.2) is 0 Å². The van der Waals surface area contributed by atoms with Crippen LogP contribution in [0.4, 0.5) is 0 Å². The zero-order chi connectivity index (χ0) is 18.6. The van der Waals surface area contributed by atoms with Crippen molar-refractivity contribution in [2.45, 2.75) is 90.0 Å². The second kappa shape index (κ2) is 19.2. The third kappa shape index (κ3) is 17.5. The first-order chi connectivity index (χ1) is 12.2. The Kier molecular flexibility index (Phi) is 18.3. The lowest BCUT2D eigenvalue weighted by Gasteiger charge is -2.12. The van der Waals surface area contributed by atoms with Crippen LogP contribution in [0.5, 0.6) is 0 Å². The van der Waals surface area contributed by atoms with Crippen molar-refractivity contribution in [3.8, 4) is 0 Å². The molecule has 0 aliphatic heterocycles. The molecule has 0 aromatic rings. The lowest BCUT2D eigenvalue weighted by molar-refractivity contribution is -0.122. The molecule has 0 saturated carbocycles. The van der Waals surface area contributed by atoms with Crippen LogP contribution in [-0.2, 0) is 4.79 Å². The van der Waals surface area contributed by atoms with Crippen LogP contribution in [0, 0.1) is 0 Å². The van der Waals surface area contributed by atoms with Crippen molar-refractivity contribution in [1.29, 1.82) is 0 Å². The first-order valence-corrected chi connectivity index (χ1v) is 10.1. The normalized spacial score (nSPS) is 11.8. The van der Waals surface area contributed by atoms with Crippen LogP contribution in [0.25, 0.3) is 0 Å². The van der Waals surface area contributed by atoms with E-state index in [1.54, 1.807) is 0 Å². The maximum Gasteiger partial charge on any atom is 0.220 e. The molecule has 0 aliphatic carbocycles. The van der Waals surface area contributed by atoms with Gasteiger partial charge >= 0.3 is 0 Å². The standard InChI is InChI=1S/C21H39NO3/c1-2-3-4-5-6-7-8-9-10-11-12-13-14-15-16-17-21(25)22-20(18-23)19-24/h6-7,9-10,20,23-24H,2-5,8,11-19H2,1H3,(H,22,25). The summed E-state index contributed by atoms with van der Waals surface area (Å²) >= 11 is 0. The molecule has 146 valence electrons. The van der Waals surface area contributed by atoms with E-state index in [0.717, 1.165) is 32.1 Å². The van der Waals surface area contributed by atoms with Crippen molar-refractivity contribution in [3.63, 3.8) is 0 Å². The number of amides is 1. The fourth-order valence-corrected chi connectivity index (χ4v) is 2.55. The molecule has 0 unspecified atom stereocenters. The summed E-state index contributed by atoms with van der Waals surface area (Å²) in [5, 5.41) is 20.4. The molecule has 0 atom stereocenters. The van der Waals surface area contributed by atoms with Gasteiger partial charge in [0.05, 0.1) is 19.3 Å². The van der Waals surface area contributed by atoms with Gasteiger partial charge in [-0.25, -0.2) is 0 Å². The van der Waals surface area contributed by atoms with Crippen LogP contribution < -0.4 is 5.32 Å². The minimum atomic E-state index is -0.523. The lowest BCUT2D eigenvalue weighted by Crippen LogP contribution is -2.39. The molecule has 0 saturated heterocycles. The summed E-state index contributed by atoms with van der Waals surface area (Å²) < 4.78 is 0. The van der Waals surface area contributed by atoms with Gasteiger partial charge in [-0.05, 0) is 38.5 Å². The zero-order valence-corrected chi connectivity index (χ0v) is 16.1. The predicted octanol–water partition coefficient (Wildman–Crippen LogP) is 4.27. The molecule has 0 aromatic heterocycles. The minimum Gasteiger partial charge on any atom is -0.394 e. The summed E-state index contributed by atoms with van der Waals surface area (Å²) in [6, 6.07) is -0.523. The number of hydrogen-bond donors (Lipinski definition) is 3. The summed E-state index contributed by atoms with van der Waals surface area (Å²) in [7, 11) is 0. The number of hydrogen-bond acceptors (Lipinski definition) is 3. The van der Waals surface area contributed by atoms with Crippen molar-refractivity contribution in [1.82, 2.24) is 5.32 Å². The molecule has 4 heteroatoms. The fourth-order valence-electron chi connectivity index (χ4n) is 2.55. The van der Waals surface area contributed by atoms with Gasteiger partial charge in [-0.3, -0.25) is 4.79 Å². The van der Waals surface area contributed by atoms with Gasteiger partial charge in [-0.1, -0.05) is 63.3 Å².